The Kier molecular flexibility index (Phi) is 2.83. The van der Waals surface area contributed by atoms with Gasteiger partial charge in [-0.1, -0.05) is 57.2 Å². The molecule has 2 heteroatoms. The SMILES string of the molecule is CCc1cccc2c(C3Nc4ccccc4C3(C)C)c[nH]c12. The first-order valence-electron chi connectivity index (χ1n) is 8.08. The molecule has 112 valence electrons. The van der Waals surface area contributed by atoms with E-state index in [1.165, 1.54) is 33.3 Å². The van der Waals surface area contributed by atoms with E-state index >= 15 is 0 Å². The van der Waals surface area contributed by atoms with Crippen LogP contribution in [0.2, 0.25) is 0 Å². The zero-order valence-corrected chi connectivity index (χ0v) is 13.4. The maximum absolute atomic E-state index is 3.74. The molecule has 0 saturated heterocycles. The van der Waals surface area contributed by atoms with Crippen molar-refractivity contribution in [1.82, 2.24) is 4.98 Å². The Labute approximate surface area is 131 Å². The van der Waals surface area contributed by atoms with E-state index < -0.39 is 0 Å². The summed E-state index contributed by atoms with van der Waals surface area (Å²) in [5, 5.41) is 5.08. The van der Waals surface area contributed by atoms with Gasteiger partial charge in [0.2, 0.25) is 0 Å². The van der Waals surface area contributed by atoms with E-state index in [-0.39, 0.29) is 5.41 Å². The summed E-state index contributed by atoms with van der Waals surface area (Å²) in [5.41, 5.74) is 6.78. The highest BCUT2D eigenvalue weighted by Gasteiger charge is 2.40. The molecule has 3 aromatic rings. The summed E-state index contributed by atoms with van der Waals surface area (Å²) in [7, 11) is 0. The van der Waals surface area contributed by atoms with Crippen molar-refractivity contribution in [2.24, 2.45) is 0 Å². The summed E-state index contributed by atoms with van der Waals surface area (Å²) in [4.78, 5) is 3.51. The maximum atomic E-state index is 3.74. The zero-order valence-electron chi connectivity index (χ0n) is 13.4. The molecule has 0 spiro atoms. The normalized spacial score (nSPS) is 19.1. The van der Waals surface area contributed by atoms with Crippen molar-refractivity contribution in [3.63, 3.8) is 0 Å². The molecule has 0 bridgehead atoms. The van der Waals surface area contributed by atoms with Crippen molar-refractivity contribution in [1.29, 1.82) is 0 Å². The van der Waals surface area contributed by atoms with Crippen LogP contribution in [0.15, 0.2) is 48.7 Å². The molecular weight excluding hydrogens is 268 g/mol. The fourth-order valence-electron chi connectivity index (χ4n) is 3.90. The lowest BCUT2D eigenvalue weighted by molar-refractivity contribution is 0.476. The molecule has 2 N–H and O–H groups in total. The largest absolute Gasteiger partial charge is 0.377 e. The van der Waals surface area contributed by atoms with Crippen molar-refractivity contribution in [2.75, 3.05) is 5.32 Å². The van der Waals surface area contributed by atoms with Gasteiger partial charge in [-0.15, -0.1) is 0 Å². The van der Waals surface area contributed by atoms with Crippen LogP contribution in [0.3, 0.4) is 0 Å². The molecule has 0 fully saturated rings. The fraction of sp³-hybridized carbons (Fsp3) is 0.300. The number of hydrogen-bond donors (Lipinski definition) is 2. The van der Waals surface area contributed by atoms with Crippen LogP contribution in [0.25, 0.3) is 10.9 Å². The first kappa shape index (κ1) is 13.4. The number of para-hydroxylation sites is 2. The Balaban J connectivity index is 1.88. The standard InChI is InChI=1S/C20H22N2/c1-4-13-8-7-9-14-15(12-21-18(13)14)19-20(2,3)16-10-5-6-11-17(16)22-19/h5-12,19,21-22H,4H2,1-3H3. The minimum Gasteiger partial charge on any atom is -0.377 e. The summed E-state index contributed by atoms with van der Waals surface area (Å²) >= 11 is 0. The number of fused-ring (bicyclic) bond motifs is 2. The van der Waals surface area contributed by atoms with Crippen LogP contribution >= 0.6 is 0 Å². The van der Waals surface area contributed by atoms with E-state index in [1.807, 2.05) is 0 Å². The van der Waals surface area contributed by atoms with Gasteiger partial charge in [0.25, 0.3) is 0 Å². The summed E-state index contributed by atoms with van der Waals surface area (Å²) in [6, 6.07) is 15.6. The molecule has 1 atom stereocenters. The number of aryl methyl sites for hydroxylation is 1. The zero-order chi connectivity index (χ0) is 15.3. The lowest BCUT2D eigenvalue weighted by atomic mass is 9.78. The second kappa shape index (κ2) is 4.64. The molecule has 0 saturated carbocycles. The lowest BCUT2D eigenvalue weighted by Crippen LogP contribution is -2.25. The minimum absolute atomic E-state index is 0.0773. The van der Waals surface area contributed by atoms with Crippen molar-refractivity contribution in [3.8, 4) is 0 Å². The highest BCUT2D eigenvalue weighted by molar-refractivity contribution is 5.87. The smallest absolute Gasteiger partial charge is 0.0626 e. The Morgan fingerprint density at radius 2 is 1.86 bits per heavy atom. The third-order valence-corrected chi connectivity index (χ3v) is 5.17. The van der Waals surface area contributed by atoms with E-state index in [1.54, 1.807) is 0 Å². The van der Waals surface area contributed by atoms with Gasteiger partial charge in [-0.25, -0.2) is 0 Å². The second-order valence-corrected chi connectivity index (χ2v) is 6.78. The summed E-state index contributed by atoms with van der Waals surface area (Å²) in [5.74, 6) is 0. The maximum Gasteiger partial charge on any atom is 0.0626 e. The van der Waals surface area contributed by atoms with Crippen LogP contribution in [-0.4, -0.2) is 4.98 Å². The Morgan fingerprint density at radius 1 is 1.05 bits per heavy atom. The number of rotatable bonds is 2. The van der Waals surface area contributed by atoms with Crippen molar-refractivity contribution >= 4 is 16.6 Å². The number of nitrogens with one attached hydrogen (secondary N) is 2. The Morgan fingerprint density at radius 3 is 2.64 bits per heavy atom. The molecule has 1 aliphatic rings. The van der Waals surface area contributed by atoms with Crippen LogP contribution in [-0.2, 0) is 11.8 Å². The van der Waals surface area contributed by atoms with Gasteiger partial charge < -0.3 is 10.3 Å². The van der Waals surface area contributed by atoms with Crippen LogP contribution in [0.4, 0.5) is 5.69 Å². The van der Waals surface area contributed by atoms with Gasteiger partial charge in [0, 0.05) is 33.8 Å². The van der Waals surface area contributed by atoms with E-state index in [2.05, 4.69) is 79.7 Å². The Bertz CT molecular complexity index is 842. The molecular formula is C20H22N2. The number of anilines is 1. The van der Waals surface area contributed by atoms with Gasteiger partial charge in [0.1, 0.15) is 0 Å². The number of aromatic amines is 1. The van der Waals surface area contributed by atoms with Gasteiger partial charge >= 0.3 is 0 Å². The van der Waals surface area contributed by atoms with Gasteiger partial charge in [0.15, 0.2) is 0 Å². The summed E-state index contributed by atoms with van der Waals surface area (Å²) in [6.07, 6.45) is 3.24. The third-order valence-electron chi connectivity index (χ3n) is 5.17. The van der Waals surface area contributed by atoms with Gasteiger partial charge in [-0.2, -0.15) is 0 Å². The molecule has 2 nitrogen and oxygen atoms in total. The average molecular weight is 290 g/mol. The van der Waals surface area contributed by atoms with Gasteiger partial charge in [-0.3, -0.25) is 0 Å². The predicted octanol–water partition coefficient (Wildman–Crippen LogP) is 5.17. The van der Waals surface area contributed by atoms with Crippen molar-refractivity contribution < 1.29 is 0 Å². The molecule has 4 rings (SSSR count). The first-order chi connectivity index (χ1) is 10.6. The summed E-state index contributed by atoms with van der Waals surface area (Å²) < 4.78 is 0. The Hall–Kier alpha value is -2.22. The topological polar surface area (TPSA) is 27.8 Å². The highest BCUT2D eigenvalue weighted by atomic mass is 15.0. The first-order valence-corrected chi connectivity index (χ1v) is 8.08. The molecule has 0 aliphatic carbocycles. The fourth-order valence-corrected chi connectivity index (χ4v) is 3.90. The van der Waals surface area contributed by atoms with Crippen LogP contribution in [0.1, 0.15) is 43.5 Å². The average Bonchev–Trinajstić information content (AvgIpc) is 3.06. The van der Waals surface area contributed by atoms with Crippen LogP contribution in [0, 0.1) is 0 Å². The molecule has 1 aromatic heterocycles. The van der Waals surface area contributed by atoms with E-state index in [9.17, 15) is 0 Å². The molecule has 0 amide bonds. The highest BCUT2D eigenvalue weighted by Crippen LogP contribution is 2.49. The lowest BCUT2D eigenvalue weighted by Gasteiger charge is -2.27. The quantitative estimate of drug-likeness (QED) is 0.669. The number of benzene rings is 2. The third kappa shape index (κ3) is 1.73. The molecule has 1 unspecified atom stereocenters. The molecule has 2 heterocycles. The number of aromatic nitrogens is 1. The van der Waals surface area contributed by atoms with Crippen LogP contribution < -0.4 is 5.32 Å². The molecule has 1 aliphatic heterocycles. The monoisotopic (exact) mass is 290 g/mol. The second-order valence-electron chi connectivity index (χ2n) is 6.78. The van der Waals surface area contributed by atoms with Crippen LogP contribution in [0.5, 0.6) is 0 Å². The van der Waals surface area contributed by atoms with E-state index in [4.69, 9.17) is 0 Å². The summed E-state index contributed by atoms with van der Waals surface area (Å²) in [6.45, 7) is 6.88. The molecule has 2 aromatic carbocycles. The van der Waals surface area contributed by atoms with Gasteiger partial charge in [0.05, 0.1) is 6.04 Å². The predicted molar refractivity (Wildman–Crippen MR) is 93.5 cm³/mol. The van der Waals surface area contributed by atoms with Crippen molar-refractivity contribution in [3.05, 3.63) is 65.4 Å². The van der Waals surface area contributed by atoms with E-state index in [0.29, 0.717) is 6.04 Å². The number of hydrogen-bond acceptors (Lipinski definition) is 1. The van der Waals surface area contributed by atoms with Gasteiger partial charge in [-0.05, 0) is 23.6 Å². The van der Waals surface area contributed by atoms with E-state index in [0.717, 1.165) is 6.42 Å². The molecule has 22 heavy (non-hydrogen) atoms. The minimum atomic E-state index is 0.0773. The van der Waals surface area contributed by atoms with Crippen molar-refractivity contribution in [2.45, 2.75) is 38.6 Å². The molecule has 0 radical (unpaired) electrons. The number of H-pyrrole nitrogens is 1.